The SMILES string of the molecule is N/C(=C\N(N)c1ccc(C(=O)O)c(O)c1)c1cc([N+](=O)[O-])cc(/C(N)=C/N(N)c2ccc(C(=O)O)c(O)c2)n1. The molecule has 0 radical (unpaired) electrons. The molecule has 0 unspecified atom stereocenters. The summed E-state index contributed by atoms with van der Waals surface area (Å²) in [6, 6.07) is 9.13. The summed E-state index contributed by atoms with van der Waals surface area (Å²) in [6.07, 6.45) is 2.26. The zero-order valence-corrected chi connectivity index (χ0v) is 19.8. The topological polar surface area (TPSA) is 282 Å². The highest BCUT2D eigenvalue weighted by atomic mass is 16.6. The van der Waals surface area contributed by atoms with Gasteiger partial charge in [0.25, 0.3) is 5.69 Å². The third-order valence-corrected chi connectivity index (χ3v) is 5.19. The van der Waals surface area contributed by atoms with E-state index in [2.05, 4.69) is 4.98 Å². The molecule has 16 nitrogen and oxygen atoms in total. The number of benzene rings is 2. The smallest absolute Gasteiger partial charge is 0.339 e. The van der Waals surface area contributed by atoms with Gasteiger partial charge in [-0.1, -0.05) is 0 Å². The van der Waals surface area contributed by atoms with Gasteiger partial charge in [0.2, 0.25) is 0 Å². The lowest BCUT2D eigenvalue weighted by Crippen LogP contribution is -2.26. The lowest BCUT2D eigenvalue weighted by molar-refractivity contribution is -0.385. The lowest BCUT2D eigenvalue weighted by Gasteiger charge is -2.17. The maximum atomic E-state index is 11.5. The van der Waals surface area contributed by atoms with Gasteiger partial charge in [-0.25, -0.2) is 26.3 Å². The number of nitrogens with zero attached hydrogens (tertiary/aromatic N) is 4. The monoisotopic (exact) mass is 538 g/mol. The number of nitrogens with two attached hydrogens (primary N) is 4. The van der Waals surface area contributed by atoms with Crippen LogP contribution in [-0.2, 0) is 0 Å². The minimum atomic E-state index is -1.35. The third kappa shape index (κ3) is 6.28. The van der Waals surface area contributed by atoms with Crippen LogP contribution in [-0.4, -0.2) is 42.3 Å². The van der Waals surface area contributed by atoms with Crippen LogP contribution in [0.25, 0.3) is 11.4 Å². The van der Waals surface area contributed by atoms with E-state index in [0.717, 1.165) is 58.8 Å². The average Bonchev–Trinajstić information content (AvgIpc) is 2.87. The summed E-state index contributed by atoms with van der Waals surface area (Å²) in [4.78, 5) is 37.2. The summed E-state index contributed by atoms with van der Waals surface area (Å²) in [5, 5.41) is 51.2. The van der Waals surface area contributed by atoms with Crippen molar-refractivity contribution in [1.29, 1.82) is 0 Å². The number of phenols is 2. The van der Waals surface area contributed by atoms with Crippen LogP contribution in [0.15, 0.2) is 60.9 Å². The minimum Gasteiger partial charge on any atom is -0.507 e. The zero-order valence-electron chi connectivity index (χ0n) is 19.8. The molecule has 2 aromatic carbocycles. The second-order valence-electron chi connectivity index (χ2n) is 7.85. The number of hydrogen-bond acceptors (Lipinski definition) is 13. The van der Waals surface area contributed by atoms with Crippen LogP contribution in [0.5, 0.6) is 11.5 Å². The Kier molecular flexibility index (Phi) is 7.84. The molecule has 0 bridgehead atoms. The second-order valence-corrected chi connectivity index (χ2v) is 7.85. The van der Waals surface area contributed by atoms with E-state index < -0.39 is 34.0 Å². The van der Waals surface area contributed by atoms with Crippen molar-refractivity contribution in [3.05, 3.63) is 93.6 Å². The number of hydrogen-bond donors (Lipinski definition) is 8. The van der Waals surface area contributed by atoms with E-state index in [0.29, 0.717) is 0 Å². The predicted octanol–water partition coefficient (Wildman–Crippen LogP) is 1.07. The number of carboxylic acid groups (broad SMARTS) is 2. The van der Waals surface area contributed by atoms with E-state index in [-0.39, 0.29) is 45.3 Å². The standard InChI is InChI=1S/C23H22N8O8/c24-16(9-29(26)11-1-3-14(22(34)35)20(32)7-11)18-5-13(31(38)39)6-19(28-18)17(25)10-30(27)12-2-4-15(23(36)37)21(33)8-12/h1-10,32-33H,24-27H2,(H,34,35)(H,36,37)/b16-9-,17-10-. The first-order valence-corrected chi connectivity index (χ1v) is 10.6. The minimum absolute atomic E-state index is 0.107. The van der Waals surface area contributed by atoms with E-state index in [1.807, 2.05) is 0 Å². The molecule has 0 aliphatic heterocycles. The summed E-state index contributed by atoms with van der Waals surface area (Å²) in [7, 11) is 0. The quantitative estimate of drug-likeness (QED) is 0.107. The molecule has 1 aromatic heterocycles. The molecule has 0 saturated carbocycles. The molecule has 0 aliphatic rings. The van der Waals surface area contributed by atoms with Gasteiger partial charge in [-0.2, -0.15) is 0 Å². The van der Waals surface area contributed by atoms with Gasteiger partial charge in [-0.05, 0) is 24.3 Å². The van der Waals surface area contributed by atoms with Crippen molar-refractivity contribution in [2.75, 3.05) is 10.0 Å². The third-order valence-electron chi connectivity index (χ3n) is 5.19. The maximum Gasteiger partial charge on any atom is 0.339 e. The number of aromatic nitrogens is 1. The van der Waals surface area contributed by atoms with Crippen LogP contribution >= 0.6 is 0 Å². The molecule has 16 heteroatoms. The number of hydrazine groups is 2. The van der Waals surface area contributed by atoms with Crippen LogP contribution < -0.4 is 33.2 Å². The molecule has 0 atom stereocenters. The zero-order chi connectivity index (χ0) is 29.0. The fraction of sp³-hybridized carbons (Fsp3) is 0. The Bertz CT molecular complexity index is 1430. The van der Waals surface area contributed by atoms with E-state index in [9.17, 15) is 29.9 Å². The fourth-order valence-electron chi connectivity index (χ4n) is 3.22. The Hall–Kier alpha value is -5.87. The molecule has 0 saturated heterocycles. The summed E-state index contributed by atoms with van der Waals surface area (Å²) < 4.78 is 0. The Labute approximate surface area is 219 Å². The highest BCUT2D eigenvalue weighted by molar-refractivity contribution is 5.92. The summed E-state index contributed by atoms with van der Waals surface area (Å²) >= 11 is 0. The first-order valence-electron chi connectivity index (χ1n) is 10.6. The van der Waals surface area contributed by atoms with Crippen molar-refractivity contribution in [1.82, 2.24) is 4.98 Å². The number of aromatic hydroxyl groups is 2. The van der Waals surface area contributed by atoms with Gasteiger partial charge in [0.15, 0.2) is 0 Å². The summed E-state index contributed by atoms with van der Waals surface area (Å²) in [5.74, 6) is 8.09. The van der Waals surface area contributed by atoms with Crippen LogP contribution in [0, 0.1) is 10.1 Å². The van der Waals surface area contributed by atoms with Gasteiger partial charge < -0.3 is 31.9 Å². The highest BCUT2D eigenvalue weighted by Gasteiger charge is 2.17. The fourth-order valence-corrected chi connectivity index (χ4v) is 3.22. The molecule has 0 fully saturated rings. The van der Waals surface area contributed by atoms with Gasteiger partial charge in [0, 0.05) is 36.7 Å². The van der Waals surface area contributed by atoms with Crippen molar-refractivity contribution in [3.63, 3.8) is 0 Å². The van der Waals surface area contributed by atoms with Crippen LogP contribution in [0.4, 0.5) is 17.1 Å². The molecular formula is C23H22N8O8. The first-order chi connectivity index (χ1) is 18.3. The number of carbonyl (C=O) groups is 2. The molecule has 12 N–H and O–H groups in total. The highest BCUT2D eigenvalue weighted by Crippen LogP contribution is 2.27. The van der Waals surface area contributed by atoms with E-state index in [4.69, 9.17) is 33.4 Å². The number of pyridine rings is 1. The van der Waals surface area contributed by atoms with Crippen molar-refractivity contribution in [2.45, 2.75) is 0 Å². The summed E-state index contributed by atoms with van der Waals surface area (Å²) in [5.41, 5.74) is 10.8. The van der Waals surface area contributed by atoms with E-state index >= 15 is 0 Å². The van der Waals surface area contributed by atoms with Crippen molar-refractivity contribution in [3.8, 4) is 11.5 Å². The number of carboxylic acids is 2. The van der Waals surface area contributed by atoms with Gasteiger partial charge in [-0.15, -0.1) is 0 Å². The van der Waals surface area contributed by atoms with Gasteiger partial charge >= 0.3 is 11.9 Å². The van der Waals surface area contributed by atoms with Gasteiger partial charge in [-0.3, -0.25) is 20.1 Å². The lowest BCUT2D eigenvalue weighted by atomic mass is 10.1. The van der Waals surface area contributed by atoms with Crippen LogP contribution in [0.2, 0.25) is 0 Å². The van der Waals surface area contributed by atoms with Crippen LogP contribution in [0.3, 0.4) is 0 Å². The molecule has 3 aromatic rings. The average molecular weight is 538 g/mol. The summed E-state index contributed by atoms with van der Waals surface area (Å²) in [6.45, 7) is 0. The second kappa shape index (κ2) is 11.0. The van der Waals surface area contributed by atoms with Crippen molar-refractivity contribution < 1.29 is 34.9 Å². The number of aromatic carboxylic acids is 2. The maximum absolute atomic E-state index is 11.5. The Balaban J connectivity index is 1.96. The molecule has 3 rings (SSSR count). The molecule has 0 spiro atoms. The number of anilines is 2. The Morgan fingerprint density at radius 3 is 1.49 bits per heavy atom. The number of rotatable bonds is 9. The molecule has 0 amide bonds. The molecule has 39 heavy (non-hydrogen) atoms. The Morgan fingerprint density at radius 2 is 1.18 bits per heavy atom. The molecule has 0 aliphatic carbocycles. The van der Waals surface area contributed by atoms with Gasteiger partial charge in [0.05, 0.1) is 39.1 Å². The van der Waals surface area contributed by atoms with Crippen LogP contribution in [0.1, 0.15) is 32.1 Å². The largest absolute Gasteiger partial charge is 0.507 e. The Morgan fingerprint density at radius 1 is 0.795 bits per heavy atom. The molecular weight excluding hydrogens is 516 g/mol. The number of nitro groups is 1. The predicted molar refractivity (Wildman–Crippen MR) is 139 cm³/mol. The van der Waals surface area contributed by atoms with Crippen molar-refractivity contribution >= 4 is 40.4 Å². The van der Waals surface area contributed by atoms with E-state index in [1.165, 1.54) is 12.1 Å². The van der Waals surface area contributed by atoms with Gasteiger partial charge in [0.1, 0.15) is 22.6 Å². The first kappa shape index (κ1) is 27.7. The van der Waals surface area contributed by atoms with E-state index in [1.54, 1.807) is 0 Å². The molecule has 202 valence electrons. The normalized spacial score (nSPS) is 11.6. The molecule has 1 heterocycles. The van der Waals surface area contributed by atoms with Crippen molar-refractivity contribution in [2.24, 2.45) is 23.2 Å².